The normalized spacial score (nSPS) is 15.7. The lowest BCUT2D eigenvalue weighted by Gasteiger charge is -2.34. The predicted molar refractivity (Wildman–Crippen MR) is 106 cm³/mol. The molecule has 1 saturated heterocycles. The summed E-state index contributed by atoms with van der Waals surface area (Å²) in [5.74, 6) is 0.141. The number of hydrogen-bond donors (Lipinski definition) is 0. The van der Waals surface area contributed by atoms with Crippen LogP contribution in [0, 0.1) is 6.92 Å². The second-order valence-corrected chi connectivity index (χ2v) is 7.36. The Kier molecular flexibility index (Phi) is 6.41. The van der Waals surface area contributed by atoms with E-state index < -0.39 is 0 Å². The molecule has 1 aromatic carbocycles. The lowest BCUT2D eigenvalue weighted by atomic mass is 10.2. The van der Waals surface area contributed by atoms with Gasteiger partial charge in [0.25, 0.3) is 0 Å². The van der Waals surface area contributed by atoms with Crippen LogP contribution in [0.4, 0.5) is 0 Å². The number of carbonyl (C=O) groups is 1. The van der Waals surface area contributed by atoms with E-state index >= 15 is 0 Å². The van der Waals surface area contributed by atoms with E-state index in [1.165, 1.54) is 16.9 Å². The van der Waals surface area contributed by atoms with E-state index in [1.807, 2.05) is 35.4 Å². The second-order valence-electron chi connectivity index (χ2n) is 6.54. The van der Waals surface area contributed by atoms with Gasteiger partial charge in [0.2, 0.25) is 5.91 Å². The first-order chi connectivity index (χ1) is 12.6. The molecule has 1 aromatic heterocycles. The Morgan fingerprint density at radius 1 is 1.15 bits per heavy atom. The number of nitrogens with zero attached hydrogens (tertiary/aromatic N) is 3. The lowest BCUT2D eigenvalue weighted by molar-refractivity contribution is -0.133. The van der Waals surface area contributed by atoms with Gasteiger partial charge in [-0.15, -0.1) is 0 Å². The first-order valence-electron chi connectivity index (χ1n) is 9.00. The molecule has 6 heteroatoms. The fourth-order valence-electron chi connectivity index (χ4n) is 3.12. The first-order valence-corrected chi connectivity index (χ1v) is 9.88. The van der Waals surface area contributed by atoms with Gasteiger partial charge in [0.05, 0.1) is 0 Å². The third-order valence-corrected chi connectivity index (χ3v) is 5.61. The summed E-state index contributed by atoms with van der Waals surface area (Å²) in [7, 11) is 0. The van der Waals surface area contributed by atoms with Gasteiger partial charge >= 0.3 is 4.87 Å². The molecular formula is C20H25N3O2S. The zero-order valence-corrected chi connectivity index (χ0v) is 16.0. The second kappa shape index (κ2) is 8.96. The summed E-state index contributed by atoms with van der Waals surface area (Å²) in [6.45, 7) is 6.59. The minimum atomic E-state index is 0.0188. The van der Waals surface area contributed by atoms with Crippen LogP contribution in [-0.4, -0.2) is 53.0 Å². The number of hydrogen-bond acceptors (Lipinski definition) is 4. The molecule has 0 aliphatic carbocycles. The largest absolute Gasteiger partial charge is 0.340 e. The minimum Gasteiger partial charge on any atom is -0.340 e. The highest BCUT2D eigenvalue weighted by atomic mass is 32.1. The van der Waals surface area contributed by atoms with Crippen LogP contribution >= 0.6 is 11.3 Å². The molecule has 1 fully saturated rings. The number of aryl methyl sites for hydroxylation is 1. The van der Waals surface area contributed by atoms with Gasteiger partial charge in [-0.05, 0) is 12.5 Å². The Hall–Kier alpha value is -2.18. The lowest BCUT2D eigenvalue weighted by Crippen LogP contribution is -2.48. The van der Waals surface area contributed by atoms with Crippen molar-refractivity contribution < 1.29 is 4.79 Å². The smallest absolute Gasteiger partial charge is 0.307 e. The number of thiazole rings is 1. The SMILES string of the molecule is Cc1csc(=O)n1CCC(=O)N1CCN(C/C=C/c2ccccc2)CC1. The average molecular weight is 372 g/mol. The van der Waals surface area contributed by atoms with Gasteiger partial charge in [-0.1, -0.05) is 53.8 Å². The van der Waals surface area contributed by atoms with Gasteiger partial charge in [-0.3, -0.25) is 14.5 Å². The number of carbonyl (C=O) groups excluding carboxylic acids is 1. The molecule has 0 spiro atoms. The molecule has 1 amide bonds. The average Bonchev–Trinajstić information content (AvgIpc) is 2.99. The maximum Gasteiger partial charge on any atom is 0.307 e. The van der Waals surface area contributed by atoms with Gasteiger partial charge in [-0.2, -0.15) is 0 Å². The number of amides is 1. The predicted octanol–water partition coefficient (Wildman–Crippen LogP) is 2.47. The molecule has 0 N–H and O–H groups in total. The van der Waals surface area contributed by atoms with E-state index in [0.717, 1.165) is 38.4 Å². The van der Waals surface area contributed by atoms with Crippen molar-refractivity contribution >= 4 is 23.3 Å². The Bertz CT molecular complexity index is 802. The summed E-state index contributed by atoms with van der Waals surface area (Å²) in [6.07, 6.45) is 4.71. The van der Waals surface area contributed by atoms with Crippen LogP contribution in [0.2, 0.25) is 0 Å². The molecule has 0 atom stereocenters. The Morgan fingerprint density at radius 3 is 2.54 bits per heavy atom. The minimum absolute atomic E-state index is 0.0188. The van der Waals surface area contributed by atoms with E-state index in [4.69, 9.17) is 0 Å². The van der Waals surface area contributed by atoms with Crippen LogP contribution in [0.3, 0.4) is 0 Å². The molecule has 0 bridgehead atoms. The van der Waals surface area contributed by atoms with Crippen LogP contribution in [0.1, 0.15) is 17.7 Å². The molecule has 3 rings (SSSR count). The van der Waals surface area contributed by atoms with Gasteiger partial charge in [-0.25, -0.2) is 0 Å². The summed E-state index contributed by atoms with van der Waals surface area (Å²) in [6, 6.07) is 10.3. The van der Waals surface area contributed by atoms with E-state index in [0.29, 0.717) is 13.0 Å². The fraction of sp³-hybridized carbons (Fsp3) is 0.400. The highest BCUT2D eigenvalue weighted by molar-refractivity contribution is 7.07. The first kappa shape index (κ1) is 18.6. The molecule has 0 saturated carbocycles. The van der Waals surface area contributed by atoms with E-state index in [9.17, 15) is 9.59 Å². The van der Waals surface area contributed by atoms with E-state index in [-0.39, 0.29) is 10.8 Å². The fourth-order valence-corrected chi connectivity index (χ4v) is 3.88. The van der Waals surface area contributed by atoms with Gasteiger partial charge in [0.15, 0.2) is 0 Å². The molecule has 0 unspecified atom stereocenters. The molecule has 2 aromatic rings. The van der Waals surface area contributed by atoms with Crippen molar-refractivity contribution in [2.75, 3.05) is 32.7 Å². The number of benzene rings is 1. The number of piperazine rings is 1. The number of rotatable bonds is 6. The molecule has 26 heavy (non-hydrogen) atoms. The van der Waals surface area contributed by atoms with Gasteiger partial charge in [0, 0.05) is 56.8 Å². The summed E-state index contributed by atoms with van der Waals surface area (Å²) >= 11 is 1.19. The van der Waals surface area contributed by atoms with Crippen LogP contribution in [0.15, 0.2) is 46.6 Å². The van der Waals surface area contributed by atoms with E-state index in [1.54, 1.807) is 4.57 Å². The third kappa shape index (κ3) is 4.93. The van der Waals surface area contributed by atoms with Gasteiger partial charge in [0.1, 0.15) is 0 Å². The van der Waals surface area contributed by atoms with Crippen LogP contribution in [0.25, 0.3) is 6.08 Å². The molecular weight excluding hydrogens is 346 g/mol. The van der Waals surface area contributed by atoms with Crippen LogP contribution in [0.5, 0.6) is 0 Å². The standard InChI is InChI=1S/C20H25N3O2S/c1-17-16-26-20(25)23(17)11-9-19(24)22-14-12-21(13-15-22)10-5-8-18-6-3-2-4-7-18/h2-8,16H,9-15H2,1H3/b8-5+. The topological polar surface area (TPSA) is 45.6 Å². The van der Waals surface area contributed by atoms with Crippen molar-refractivity contribution in [1.82, 2.24) is 14.4 Å². The Morgan fingerprint density at radius 2 is 1.88 bits per heavy atom. The summed E-state index contributed by atoms with van der Waals surface area (Å²) in [5.41, 5.74) is 2.14. The molecule has 5 nitrogen and oxygen atoms in total. The summed E-state index contributed by atoms with van der Waals surface area (Å²) in [5, 5.41) is 1.84. The van der Waals surface area contributed by atoms with Crippen LogP contribution in [-0.2, 0) is 11.3 Å². The summed E-state index contributed by atoms with van der Waals surface area (Å²) in [4.78, 5) is 28.4. The van der Waals surface area contributed by atoms with E-state index in [2.05, 4.69) is 29.2 Å². The highest BCUT2D eigenvalue weighted by Crippen LogP contribution is 2.07. The Labute approximate surface area is 158 Å². The van der Waals surface area contributed by atoms with Gasteiger partial charge < -0.3 is 9.47 Å². The maximum atomic E-state index is 12.4. The van der Waals surface area contributed by atoms with Crippen LogP contribution < -0.4 is 4.87 Å². The zero-order valence-electron chi connectivity index (χ0n) is 15.1. The summed E-state index contributed by atoms with van der Waals surface area (Å²) < 4.78 is 1.69. The third-order valence-electron chi connectivity index (χ3n) is 4.72. The molecule has 2 heterocycles. The van der Waals surface area contributed by atoms with Crippen molar-refractivity contribution in [3.05, 3.63) is 62.7 Å². The molecule has 138 valence electrons. The van der Waals surface area contributed by atoms with Crippen molar-refractivity contribution in [1.29, 1.82) is 0 Å². The monoisotopic (exact) mass is 371 g/mol. The molecule has 1 aliphatic heterocycles. The van der Waals surface area contributed by atoms with Crippen molar-refractivity contribution in [3.8, 4) is 0 Å². The highest BCUT2D eigenvalue weighted by Gasteiger charge is 2.20. The van der Waals surface area contributed by atoms with Crippen molar-refractivity contribution in [2.24, 2.45) is 0 Å². The maximum absolute atomic E-state index is 12.4. The Balaban J connectivity index is 1.41. The zero-order chi connectivity index (χ0) is 18.4. The van der Waals surface area contributed by atoms with Crippen molar-refractivity contribution in [3.63, 3.8) is 0 Å². The number of aromatic nitrogens is 1. The quantitative estimate of drug-likeness (QED) is 0.784. The molecule has 0 radical (unpaired) electrons. The van der Waals surface area contributed by atoms with Crippen molar-refractivity contribution in [2.45, 2.75) is 19.9 Å². The molecule has 1 aliphatic rings.